The number of hydrogen-bond donors (Lipinski definition) is 0. The number of benzene rings is 1. The van der Waals surface area contributed by atoms with Crippen LogP contribution in [0.4, 0.5) is 0 Å². The molecule has 0 atom stereocenters. The Labute approximate surface area is 143 Å². The fourth-order valence-electron chi connectivity index (χ4n) is 2.69. The lowest BCUT2D eigenvalue weighted by Gasteiger charge is -2.22. The second-order valence-electron chi connectivity index (χ2n) is 6.10. The molecule has 0 unspecified atom stereocenters. The summed E-state index contributed by atoms with van der Waals surface area (Å²) in [7, 11) is 0. The fraction of sp³-hybridized carbons (Fsp3) is 0.250. The van der Waals surface area contributed by atoms with Gasteiger partial charge in [0.1, 0.15) is 0 Å². The molecule has 0 aliphatic rings. The predicted molar refractivity (Wildman–Crippen MR) is 95.1 cm³/mol. The van der Waals surface area contributed by atoms with Crippen molar-refractivity contribution < 1.29 is 0 Å². The number of pyridine rings is 1. The third-order valence-corrected chi connectivity index (χ3v) is 3.82. The number of nitrogens with zero attached hydrogens (tertiary/aromatic N) is 4. The SMILES string of the molecule is Cc1cccc(CN(Cc2ccccn2)Cc2cnc(C)cn2)c1. The molecule has 2 aromatic heterocycles. The smallest absolute Gasteiger partial charge is 0.0727 e. The Morgan fingerprint density at radius 2 is 1.67 bits per heavy atom. The molecule has 0 spiro atoms. The van der Waals surface area contributed by atoms with Crippen LogP contribution in [0, 0.1) is 13.8 Å². The quantitative estimate of drug-likeness (QED) is 0.695. The van der Waals surface area contributed by atoms with Crippen LogP contribution in [0.3, 0.4) is 0 Å². The second kappa shape index (κ2) is 7.79. The molecule has 0 aliphatic carbocycles. The van der Waals surface area contributed by atoms with Gasteiger partial charge in [-0.15, -0.1) is 0 Å². The van der Waals surface area contributed by atoms with Crippen molar-refractivity contribution in [1.29, 1.82) is 0 Å². The zero-order valence-corrected chi connectivity index (χ0v) is 14.2. The Morgan fingerprint density at radius 3 is 2.38 bits per heavy atom. The van der Waals surface area contributed by atoms with Crippen LogP contribution in [-0.2, 0) is 19.6 Å². The van der Waals surface area contributed by atoms with Crippen molar-refractivity contribution in [1.82, 2.24) is 19.9 Å². The first-order chi connectivity index (χ1) is 11.7. The normalized spacial score (nSPS) is 11.0. The standard InChI is InChI=1S/C20H22N4/c1-16-6-5-7-18(10-16)13-24(14-19-8-3-4-9-21-19)15-20-12-22-17(2)11-23-20/h3-12H,13-15H2,1-2H3. The Bertz CT molecular complexity index is 769. The molecular weight excluding hydrogens is 296 g/mol. The minimum atomic E-state index is 0.748. The van der Waals surface area contributed by atoms with Gasteiger partial charge in [-0.25, -0.2) is 0 Å². The third kappa shape index (κ3) is 4.70. The van der Waals surface area contributed by atoms with Crippen LogP contribution in [0.1, 0.15) is 28.2 Å². The molecule has 122 valence electrons. The highest BCUT2D eigenvalue weighted by Crippen LogP contribution is 2.13. The van der Waals surface area contributed by atoms with Crippen molar-refractivity contribution in [3.05, 3.63) is 89.3 Å². The molecule has 3 rings (SSSR count). The monoisotopic (exact) mass is 318 g/mol. The average molecular weight is 318 g/mol. The molecular formula is C20H22N4. The molecule has 4 heteroatoms. The predicted octanol–water partition coefficient (Wildman–Crippen LogP) is 3.69. The molecule has 1 aromatic carbocycles. The van der Waals surface area contributed by atoms with Gasteiger partial charge in [-0.1, -0.05) is 35.9 Å². The molecule has 4 nitrogen and oxygen atoms in total. The van der Waals surface area contributed by atoms with E-state index in [9.17, 15) is 0 Å². The molecule has 0 N–H and O–H groups in total. The maximum atomic E-state index is 4.49. The first-order valence-electron chi connectivity index (χ1n) is 8.14. The van der Waals surface area contributed by atoms with Crippen LogP contribution in [-0.4, -0.2) is 19.9 Å². The van der Waals surface area contributed by atoms with Crippen molar-refractivity contribution in [2.75, 3.05) is 0 Å². The molecule has 0 amide bonds. The first kappa shape index (κ1) is 16.3. The summed E-state index contributed by atoms with van der Waals surface area (Å²) in [6.45, 7) is 6.46. The van der Waals surface area contributed by atoms with Crippen LogP contribution in [0.25, 0.3) is 0 Å². The first-order valence-corrected chi connectivity index (χ1v) is 8.14. The molecule has 0 fully saturated rings. The number of hydrogen-bond acceptors (Lipinski definition) is 4. The molecule has 0 radical (unpaired) electrons. The van der Waals surface area contributed by atoms with Gasteiger partial charge in [0, 0.05) is 38.2 Å². The van der Waals surface area contributed by atoms with E-state index in [1.165, 1.54) is 11.1 Å². The van der Waals surface area contributed by atoms with E-state index in [0.717, 1.165) is 36.7 Å². The lowest BCUT2D eigenvalue weighted by molar-refractivity contribution is 0.241. The van der Waals surface area contributed by atoms with Gasteiger partial charge in [0.25, 0.3) is 0 Å². The van der Waals surface area contributed by atoms with E-state index in [1.807, 2.05) is 37.6 Å². The van der Waals surface area contributed by atoms with Gasteiger partial charge >= 0.3 is 0 Å². The summed E-state index contributed by atoms with van der Waals surface area (Å²) in [5.41, 5.74) is 5.55. The maximum absolute atomic E-state index is 4.49. The summed E-state index contributed by atoms with van der Waals surface area (Å²) >= 11 is 0. The lowest BCUT2D eigenvalue weighted by atomic mass is 10.1. The van der Waals surface area contributed by atoms with Gasteiger partial charge in [-0.3, -0.25) is 19.9 Å². The fourth-order valence-corrected chi connectivity index (χ4v) is 2.69. The summed E-state index contributed by atoms with van der Waals surface area (Å²) < 4.78 is 0. The van der Waals surface area contributed by atoms with E-state index in [1.54, 1.807) is 0 Å². The van der Waals surface area contributed by atoms with Crippen molar-refractivity contribution in [3.8, 4) is 0 Å². The van der Waals surface area contributed by atoms with E-state index < -0.39 is 0 Å². The van der Waals surface area contributed by atoms with E-state index >= 15 is 0 Å². The van der Waals surface area contributed by atoms with Gasteiger partial charge in [0.15, 0.2) is 0 Å². The Hall–Kier alpha value is -2.59. The lowest BCUT2D eigenvalue weighted by Crippen LogP contribution is -2.23. The second-order valence-corrected chi connectivity index (χ2v) is 6.10. The molecule has 0 saturated heterocycles. The summed E-state index contributed by atoms with van der Waals surface area (Å²) in [5, 5.41) is 0. The van der Waals surface area contributed by atoms with Crippen LogP contribution in [0.15, 0.2) is 61.1 Å². The molecule has 2 heterocycles. The van der Waals surface area contributed by atoms with Crippen LogP contribution < -0.4 is 0 Å². The average Bonchev–Trinajstić information content (AvgIpc) is 2.58. The molecule has 0 saturated carbocycles. The third-order valence-electron chi connectivity index (χ3n) is 3.82. The van der Waals surface area contributed by atoms with Gasteiger partial charge in [-0.2, -0.15) is 0 Å². The van der Waals surface area contributed by atoms with Crippen molar-refractivity contribution >= 4 is 0 Å². The minimum absolute atomic E-state index is 0.748. The summed E-state index contributed by atoms with van der Waals surface area (Å²) in [4.78, 5) is 15.6. The molecule has 3 aromatic rings. The van der Waals surface area contributed by atoms with Crippen molar-refractivity contribution in [2.24, 2.45) is 0 Å². The Kier molecular flexibility index (Phi) is 5.29. The molecule has 0 aliphatic heterocycles. The van der Waals surface area contributed by atoms with Gasteiger partial charge in [0.2, 0.25) is 0 Å². The number of rotatable bonds is 6. The summed E-state index contributed by atoms with van der Waals surface area (Å²) in [5.74, 6) is 0. The van der Waals surface area contributed by atoms with Gasteiger partial charge in [0.05, 0.1) is 17.1 Å². The van der Waals surface area contributed by atoms with Crippen molar-refractivity contribution in [2.45, 2.75) is 33.5 Å². The van der Waals surface area contributed by atoms with E-state index in [-0.39, 0.29) is 0 Å². The van der Waals surface area contributed by atoms with Crippen molar-refractivity contribution in [3.63, 3.8) is 0 Å². The highest BCUT2D eigenvalue weighted by Gasteiger charge is 2.10. The Balaban J connectivity index is 1.78. The zero-order valence-electron chi connectivity index (χ0n) is 14.2. The summed E-state index contributed by atoms with van der Waals surface area (Å²) in [6.07, 6.45) is 5.52. The van der Waals surface area contributed by atoms with Gasteiger partial charge < -0.3 is 0 Å². The zero-order chi connectivity index (χ0) is 16.8. The van der Waals surface area contributed by atoms with E-state index in [4.69, 9.17) is 0 Å². The van der Waals surface area contributed by atoms with Crippen LogP contribution in [0.2, 0.25) is 0 Å². The van der Waals surface area contributed by atoms with E-state index in [0.29, 0.717) is 0 Å². The largest absolute Gasteiger partial charge is 0.287 e. The Morgan fingerprint density at radius 1 is 0.792 bits per heavy atom. The topological polar surface area (TPSA) is 41.9 Å². The number of aryl methyl sites for hydroxylation is 2. The highest BCUT2D eigenvalue weighted by atomic mass is 15.1. The number of aromatic nitrogens is 3. The van der Waals surface area contributed by atoms with Gasteiger partial charge in [-0.05, 0) is 31.5 Å². The van der Waals surface area contributed by atoms with Crippen LogP contribution in [0.5, 0.6) is 0 Å². The maximum Gasteiger partial charge on any atom is 0.0727 e. The summed E-state index contributed by atoms with van der Waals surface area (Å²) in [6, 6.07) is 14.7. The van der Waals surface area contributed by atoms with E-state index in [2.05, 4.69) is 57.1 Å². The minimum Gasteiger partial charge on any atom is -0.287 e. The van der Waals surface area contributed by atoms with Crippen LogP contribution >= 0.6 is 0 Å². The molecule has 24 heavy (non-hydrogen) atoms. The molecule has 0 bridgehead atoms. The highest BCUT2D eigenvalue weighted by molar-refractivity contribution is 5.22.